The molecule has 0 unspecified atom stereocenters. The van der Waals surface area contributed by atoms with Crippen LogP contribution in [0, 0.1) is 0 Å². The average Bonchev–Trinajstić information content (AvgIpc) is 2.69. The summed E-state index contributed by atoms with van der Waals surface area (Å²) in [6.45, 7) is 2.99. The van der Waals surface area contributed by atoms with Gasteiger partial charge in [-0.2, -0.15) is 0 Å². The molecule has 0 N–H and O–H groups in total. The predicted octanol–water partition coefficient (Wildman–Crippen LogP) is 0.0875. The van der Waals surface area contributed by atoms with E-state index < -0.39 is 0 Å². The van der Waals surface area contributed by atoms with Crippen molar-refractivity contribution >= 4 is 0 Å². The fourth-order valence-electron chi connectivity index (χ4n) is 1.07. The quantitative estimate of drug-likeness (QED) is 0.575. The topological polar surface area (TPSA) is 58.4 Å². The smallest absolute Gasteiger partial charge is 0.158 e. The maximum absolute atomic E-state index is 5.35. The highest BCUT2D eigenvalue weighted by atomic mass is 16.5. The molecule has 0 radical (unpaired) electrons. The van der Waals surface area contributed by atoms with Crippen LogP contribution in [0.25, 0.3) is 0 Å². The van der Waals surface area contributed by atoms with Gasteiger partial charge in [-0.3, -0.25) is 0 Å². The molecule has 1 aromatic heterocycles. The van der Waals surface area contributed by atoms with Gasteiger partial charge in [-0.15, -0.1) is 10.2 Å². The summed E-state index contributed by atoms with van der Waals surface area (Å²) < 4.78 is 17.1. The first-order chi connectivity index (χ1) is 7.38. The monoisotopic (exact) mass is 215 g/mol. The van der Waals surface area contributed by atoms with E-state index in [2.05, 4.69) is 10.2 Å². The standard InChI is InChI=1S/C9H17N3O3/c1-13-4-3-12-8-10-11-9(12)7-15-6-5-14-2/h8H,3-7H2,1-2H3. The van der Waals surface area contributed by atoms with Crippen LogP contribution in [-0.4, -0.2) is 48.8 Å². The molecule has 6 heteroatoms. The molecule has 0 aliphatic carbocycles. The second-order valence-corrected chi connectivity index (χ2v) is 2.98. The number of nitrogens with zero attached hydrogens (tertiary/aromatic N) is 3. The van der Waals surface area contributed by atoms with Gasteiger partial charge in [-0.1, -0.05) is 0 Å². The molecule has 0 atom stereocenters. The lowest BCUT2D eigenvalue weighted by Gasteiger charge is -2.06. The molecular formula is C9H17N3O3. The number of rotatable bonds is 8. The Bertz CT molecular complexity index is 265. The van der Waals surface area contributed by atoms with Crippen molar-refractivity contribution in [1.29, 1.82) is 0 Å². The van der Waals surface area contributed by atoms with Gasteiger partial charge in [0.05, 0.1) is 19.8 Å². The molecule has 0 fully saturated rings. The minimum Gasteiger partial charge on any atom is -0.383 e. The summed E-state index contributed by atoms with van der Waals surface area (Å²) in [6, 6.07) is 0. The van der Waals surface area contributed by atoms with Gasteiger partial charge in [0.1, 0.15) is 12.9 Å². The summed E-state index contributed by atoms with van der Waals surface area (Å²) in [6.07, 6.45) is 1.67. The summed E-state index contributed by atoms with van der Waals surface area (Å²) in [5, 5.41) is 7.78. The third kappa shape index (κ3) is 4.37. The summed E-state index contributed by atoms with van der Waals surface area (Å²) >= 11 is 0. The van der Waals surface area contributed by atoms with E-state index in [9.17, 15) is 0 Å². The van der Waals surface area contributed by atoms with Crippen LogP contribution in [0.3, 0.4) is 0 Å². The van der Waals surface area contributed by atoms with Gasteiger partial charge in [0, 0.05) is 20.8 Å². The Balaban J connectivity index is 2.29. The van der Waals surface area contributed by atoms with Crippen LogP contribution < -0.4 is 0 Å². The maximum atomic E-state index is 5.35. The highest BCUT2D eigenvalue weighted by Gasteiger charge is 2.03. The largest absolute Gasteiger partial charge is 0.383 e. The van der Waals surface area contributed by atoms with Crippen LogP contribution in [0.5, 0.6) is 0 Å². The Kier molecular flexibility index (Phi) is 5.91. The average molecular weight is 215 g/mol. The van der Waals surface area contributed by atoms with Crippen molar-refractivity contribution in [1.82, 2.24) is 14.8 Å². The Hall–Kier alpha value is -0.980. The Morgan fingerprint density at radius 1 is 1.20 bits per heavy atom. The van der Waals surface area contributed by atoms with E-state index in [0.717, 1.165) is 12.4 Å². The van der Waals surface area contributed by atoms with Crippen LogP contribution in [0.4, 0.5) is 0 Å². The van der Waals surface area contributed by atoms with E-state index in [1.54, 1.807) is 20.5 Å². The lowest BCUT2D eigenvalue weighted by molar-refractivity contribution is 0.0566. The molecule has 0 amide bonds. The molecule has 0 bridgehead atoms. The van der Waals surface area contributed by atoms with Crippen molar-refractivity contribution in [3.05, 3.63) is 12.2 Å². The summed E-state index contributed by atoms with van der Waals surface area (Å²) in [7, 11) is 3.31. The summed E-state index contributed by atoms with van der Waals surface area (Å²) in [5.41, 5.74) is 0. The van der Waals surface area contributed by atoms with E-state index in [4.69, 9.17) is 14.2 Å². The van der Waals surface area contributed by atoms with E-state index in [1.165, 1.54) is 0 Å². The third-order valence-corrected chi connectivity index (χ3v) is 1.89. The van der Waals surface area contributed by atoms with Crippen LogP contribution in [-0.2, 0) is 27.4 Å². The van der Waals surface area contributed by atoms with Gasteiger partial charge in [0.15, 0.2) is 5.82 Å². The summed E-state index contributed by atoms with van der Waals surface area (Å²) in [4.78, 5) is 0. The van der Waals surface area contributed by atoms with Gasteiger partial charge in [0.25, 0.3) is 0 Å². The van der Waals surface area contributed by atoms with Crippen molar-refractivity contribution < 1.29 is 14.2 Å². The van der Waals surface area contributed by atoms with Crippen LogP contribution in [0.2, 0.25) is 0 Å². The number of hydrogen-bond acceptors (Lipinski definition) is 5. The van der Waals surface area contributed by atoms with Crippen molar-refractivity contribution in [2.45, 2.75) is 13.2 Å². The molecule has 1 heterocycles. The molecular weight excluding hydrogens is 198 g/mol. The van der Waals surface area contributed by atoms with Gasteiger partial charge < -0.3 is 18.8 Å². The Labute approximate surface area is 89.2 Å². The minimum atomic E-state index is 0.451. The highest BCUT2D eigenvalue weighted by molar-refractivity contribution is 4.82. The SMILES string of the molecule is COCCOCc1nncn1CCOC. The zero-order valence-corrected chi connectivity index (χ0v) is 9.18. The fourth-order valence-corrected chi connectivity index (χ4v) is 1.07. The molecule has 86 valence electrons. The zero-order chi connectivity index (χ0) is 10.9. The zero-order valence-electron chi connectivity index (χ0n) is 9.18. The highest BCUT2D eigenvalue weighted by Crippen LogP contribution is 1.97. The van der Waals surface area contributed by atoms with E-state index in [1.807, 2.05) is 4.57 Å². The second-order valence-electron chi connectivity index (χ2n) is 2.98. The number of ether oxygens (including phenoxy) is 3. The van der Waals surface area contributed by atoms with Crippen molar-refractivity contribution in [2.75, 3.05) is 34.0 Å². The van der Waals surface area contributed by atoms with E-state index >= 15 is 0 Å². The molecule has 0 saturated heterocycles. The molecule has 0 aliphatic rings. The van der Waals surface area contributed by atoms with E-state index in [0.29, 0.717) is 26.4 Å². The predicted molar refractivity (Wildman–Crippen MR) is 53.4 cm³/mol. The lowest BCUT2D eigenvalue weighted by Crippen LogP contribution is -2.10. The molecule has 1 rings (SSSR count). The molecule has 6 nitrogen and oxygen atoms in total. The van der Waals surface area contributed by atoms with Gasteiger partial charge in [-0.05, 0) is 0 Å². The molecule has 0 spiro atoms. The summed E-state index contributed by atoms with van der Waals surface area (Å²) in [5.74, 6) is 0.808. The van der Waals surface area contributed by atoms with Gasteiger partial charge in [0.2, 0.25) is 0 Å². The van der Waals surface area contributed by atoms with Crippen molar-refractivity contribution in [3.8, 4) is 0 Å². The van der Waals surface area contributed by atoms with E-state index in [-0.39, 0.29) is 0 Å². The molecule has 0 aliphatic heterocycles. The van der Waals surface area contributed by atoms with Crippen molar-refractivity contribution in [3.63, 3.8) is 0 Å². The Morgan fingerprint density at radius 2 is 2.00 bits per heavy atom. The third-order valence-electron chi connectivity index (χ3n) is 1.89. The first-order valence-corrected chi connectivity index (χ1v) is 4.80. The molecule has 1 aromatic rings. The molecule has 15 heavy (non-hydrogen) atoms. The fraction of sp³-hybridized carbons (Fsp3) is 0.778. The van der Waals surface area contributed by atoms with Crippen LogP contribution >= 0.6 is 0 Å². The lowest BCUT2D eigenvalue weighted by atomic mass is 10.5. The number of methoxy groups -OCH3 is 2. The number of hydrogen-bond donors (Lipinski definition) is 0. The maximum Gasteiger partial charge on any atom is 0.158 e. The minimum absolute atomic E-state index is 0.451. The first-order valence-electron chi connectivity index (χ1n) is 4.80. The second kappa shape index (κ2) is 7.33. The van der Waals surface area contributed by atoms with Gasteiger partial charge >= 0.3 is 0 Å². The van der Waals surface area contributed by atoms with Crippen LogP contribution in [0.15, 0.2) is 6.33 Å². The van der Waals surface area contributed by atoms with Crippen molar-refractivity contribution in [2.24, 2.45) is 0 Å². The number of aromatic nitrogens is 3. The molecule has 0 saturated carbocycles. The van der Waals surface area contributed by atoms with Gasteiger partial charge in [-0.25, -0.2) is 0 Å². The molecule has 0 aromatic carbocycles. The normalized spacial score (nSPS) is 10.8. The van der Waals surface area contributed by atoms with Crippen LogP contribution in [0.1, 0.15) is 5.82 Å². The Morgan fingerprint density at radius 3 is 2.73 bits per heavy atom. The first kappa shape index (κ1) is 12.1.